The van der Waals surface area contributed by atoms with Gasteiger partial charge in [-0.15, -0.1) is 11.3 Å². The number of anilines is 1. The van der Waals surface area contributed by atoms with Crippen molar-refractivity contribution >= 4 is 32.6 Å². The Morgan fingerprint density at radius 2 is 1.89 bits per heavy atom. The lowest BCUT2D eigenvalue weighted by molar-refractivity contribution is 0.101. The van der Waals surface area contributed by atoms with Gasteiger partial charge >= 0.3 is 0 Å². The number of nitrogen functional groups attached to an aromatic ring is 1. The largest absolute Gasteiger partial charge is 0.399 e. The van der Waals surface area contributed by atoms with Gasteiger partial charge in [-0.25, -0.2) is 13.4 Å². The molecule has 0 saturated heterocycles. The van der Waals surface area contributed by atoms with Gasteiger partial charge in [-0.05, 0) is 24.3 Å². The van der Waals surface area contributed by atoms with Crippen molar-refractivity contribution < 1.29 is 13.2 Å². The van der Waals surface area contributed by atoms with Crippen molar-refractivity contribution in [3.05, 3.63) is 35.3 Å². The minimum Gasteiger partial charge on any atom is -0.399 e. The molecule has 1 aromatic carbocycles. The van der Waals surface area contributed by atoms with Crippen molar-refractivity contribution in [1.29, 1.82) is 0 Å². The van der Waals surface area contributed by atoms with Gasteiger partial charge in [0.05, 0.1) is 4.90 Å². The Morgan fingerprint density at radius 3 is 2.39 bits per heavy atom. The van der Waals surface area contributed by atoms with Gasteiger partial charge in [0.15, 0.2) is 5.78 Å². The van der Waals surface area contributed by atoms with Crippen LogP contribution in [-0.4, -0.2) is 19.2 Å². The van der Waals surface area contributed by atoms with Gasteiger partial charge in [-0.1, -0.05) is 0 Å². The van der Waals surface area contributed by atoms with Crippen LogP contribution in [0.3, 0.4) is 0 Å². The van der Waals surface area contributed by atoms with Crippen LogP contribution in [0.2, 0.25) is 0 Å². The molecular formula is C11H10N2O3S2. The molecule has 0 spiro atoms. The zero-order valence-electron chi connectivity index (χ0n) is 9.45. The summed E-state index contributed by atoms with van der Waals surface area (Å²) in [6.07, 6.45) is 0. The van der Waals surface area contributed by atoms with E-state index in [-0.39, 0.29) is 20.7 Å². The number of rotatable bonds is 3. The first kappa shape index (κ1) is 12.7. The SMILES string of the molecule is CC(=O)c1csc(S(=O)(=O)c2ccc(N)cc2)n1. The Kier molecular flexibility index (Phi) is 3.18. The summed E-state index contributed by atoms with van der Waals surface area (Å²) in [5, 5.41) is 1.44. The van der Waals surface area contributed by atoms with Gasteiger partial charge in [-0.2, -0.15) is 0 Å². The van der Waals surface area contributed by atoms with E-state index in [1.807, 2.05) is 0 Å². The fourth-order valence-corrected chi connectivity index (χ4v) is 3.73. The predicted molar refractivity (Wildman–Crippen MR) is 68.4 cm³/mol. The predicted octanol–water partition coefficient (Wildman–Crippen LogP) is 1.76. The lowest BCUT2D eigenvalue weighted by Gasteiger charge is -2.00. The highest BCUT2D eigenvalue weighted by Gasteiger charge is 2.22. The van der Waals surface area contributed by atoms with Gasteiger partial charge in [0.2, 0.25) is 14.2 Å². The molecule has 5 nitrogen and oxygen atoms in total. The molecule has 94 valence electrons. The van der Waals surface area contributed by atoms with Crippen molar-refractivity contribution in [2.75, 3.05) is 5.73 Å². The first-order valence-corrected chi connectivity index (χ1v) is 7.34. The average molecular weight is 282 g/mol. The first-order valence-electron chi connectivity index (χ1n) is 4.98. The molecule has 2 N–H and O–H groups in total. The Balaban J connectivity index is 2.47. The van der Waals surface area contributed by atoms with Gasteiger partial charge in [-0.3, -0.25) is 4.79 Å². The van der Waals surface area contributed by atoms with Crippen molar-refractivity contribution in [2.45, 2.75) is 16.2 Å². The number of ketones is 1. The third-order valence-corrected chi connectivity index (χ3v) is 5.29. The molecule has 2 aromatic rings. The highest BCUT2D eigenvalue weighted by atomic mass is 32.2. The van der Waals surface area contributed by atoms with E-state index >= 15 is 0 Å². The number of carbonyl (C=O) groups excluding carboxylic acids is 1. The average Bonchev–Trinajstić information content (AvgIpc) is 2.79. The molecule has 0 radical (unpaired) electrons. The van der Waals surface area contributed by atoms with Crippen LogP contribution in [0, 0.1) is 0 Å². The summed E-state index contributed by atoms with van der Waals surface area (Å²) in [6.45, 7) is 1.34. The second kappa shape index (κ2) is 4.51. The van der Waals surface area contributed by atoms with Gasteiger partial charge < -0.3 is 5.73 Å². The van der Waals surface area contributed by atoms with Gasteiger partial charge in [0, 0.05) is 18.0 Å². The fourth-order valence-electron chi connectivity index (χ4n) is 1.29. The van der Waals surface area contributed by atoms with Crippen molar-refractivity contribution in [3.8, 4) is 0 Å². The molecule has 0 unspecified atom stereocenters. The standard InChI is InChI=1S/C11H10N2O3S2/c1-7(14)10-6-17-11(13-10)18(15,16)9-4-2-8(12)3-5-9/h2-6H,12H2,1H3. The molecule has 1 aromatic heterocycles. The van der Waals surface area contributed by atoms with E-state index < -0.39 is 9.84 Å². The minimum atomic E-state index is -3.67. The number of aromatic nitrogens is 1. The summed E-state index contributed by atoms with van der Waals surface area (Å²) < 4.78 is 24.3. The molecule has 0 bridgehead atoms. The van der Waals surface area contributed by atoms with Crippen LogP contribution in [0.25, 0.3) is 0 Å². The molecule has 0 aliphatic heterocycles. The topological polar surface area (TPSA) is 90.1 Å². The molecule has 1 heterocycles. The highest BCUT2D eigenvalue weighted by Crippen LogP contribution is 2.24. The number of Topliss-reactive ketones (excluding diaryl/α,β-unsaturated/α-hetero) is 1. The summed E-state index contributed by atoms with van der Waals surface area (Å²) in [4.78, 5) is 15.0. The normalized spacial score (nSPS) is 11.4. The number of carbonyl (C=O) groups is 1. The Labute approximate surface area is 108 Å². The molecule has 0 aliphatic carbocycles. The van der Waals surface area contributed by atoms with Crippen LogP contribution in [0.5, 0.6) is 0 Å². The van der Waals surface area contributed by atoms with Gasteiger partial charge in [0.1, 0.15) is 5.69 Å². The number of nitrogens with zero attached hydrogens (tertiary/aromatic N) is 1. The van der Waals surface area contributed by atoms with Crippen LogP contribution < -0.4 is 5.73 Å². The van der Waals surface area contributed by atoms with Crippen molar-refractivity contribution in [3.63, 3.8) is 0 Å². The van der Waals surface area contributed by atoms with E-state index in [1.165, 1.54) is 36.6 Å². The van der Waals surface area contributed by atoms with Crippen LogP contribution in [0.15, 0.2) is 38.9 Å². The quantitative estimate of drug-likeness (QED) is 0.684. The third-order valence-electron chi connectivity index (χ3n) is 2.26. The van der Waals surface area contributed by atoms with Crippen LogP contribution in [0.1, 0.15) is 17.4 Å². The first-order chi connectivity index (χ1) is 8.41. The Bertz CT molecular complexity index is 687. The van der Waals surface area contributed by atoms with E-state index in [2.05, 4.69) is 4.98 Å². The van der Waals surface area contributed by atoms with E-state index in [4.69, 9.17) is 5.73 Å². The second-order valence-electron chi connectivity index (χ2n) is 3.63. The maximum atomic E-state index is 12.2. The molecule has 2 rings (SSSR count). The summed E-state index contributed by atoms with van der Waals surface area (Å²) >= 11 is 0.933. The second-order valence-corrected chi connectivity index (χ2v) is 6.61. The summed E-state index contributed by atoms with van der Waals surface area (Å²) in [7, 11) is -3.67. The fraction of sp³-hybridized carbons (Fsp3) is 0.0909. The Morgan fingerprint density at radius 1 is 1.28 bits per heavy atom. The van der Waals surface area contributed by atoms with Crippen LogP contribution >= 0.6 is 11.3 Å². The number of benzene rings is 1. The molecule has 18 heavy (non-hydrogen) atoms. The van der Waals surface area contributed by atoms with E-state index in [1.54, 1.807) is 0 Å². The zero-order chi connectivity index (χ0) is 13.3. The summed E-state index contributed by atoms with van der Waals surface area (Å²) in [6, 6.07) is 5.85. The molecular weight excluding hydrogens is 272 g/mol. The van der Waals surface area contributed by atoms with Gasteiger partial charge in [0.25, 0.3) is 0 Å². The smallest absolute Gasteiger partial charge is 0.233 e. The molecule has 7 heteroatoms. The summed E-state index contributed by atoms with van der Waals surface area (Å²) in [5.41, 5.74) is 6.14. The molecule has 0 atom stereocenters. The van der Waals surface area contributed by atoms with Crippen molar-refractivity contribution in [1.82, 2.24) is 4.98 Å². The number of sulfone groups is 1. The number of hydrogen-bond donors (Lipinski definition) is 1. The number of hydrogen-bond acceptors (Lipinski definition) is 6. The van der Waals surface area contributed by atoms with E-state index in [0.717, 1.165) is 11.3 Å². The van der Waals surface area contributed by atoms with E-state index in [0.29, 0.717) is 5.69 Å². The lowest BCUT2D eigenvalue weighted by Crippen LogP contribution is -2.03. The zero-order valence-corrected chi connectivity index (χ0v) is 11.1. The number of nitrogens with two attached hydrogens (primary N) is 1. The molecule has 0 fully saturated rings. The highest BCUT2D eigenvalue weighted by molar-refractivity contribution is 7.93. The molecule has 0 amide bonds. The minimum absolute atomic E-state index is 0.0857. The van der Waals surface area contributed by atoms with Crippen molar-refractivity contribution in [2.24, 2.45) is 0 Å². The van der Waals surface area contributed by atoms with E-state index in [9.17, 15) is 13.2 Å². The Hall–Kier alpha value is -1.73. The number of thiazole rings is 1. The third kappa shape index (κ3) is 2.27. The van der Waals surface area contributed by atoms with Crippen LogP contribution in [0.4, 0.5) is 5.69 Å². The van der Waals surface area contributed by atoms with Crippen LogP contribution in [-0.2, 0) is 9.84 Å². The molecule has 0 aliphatic rings. The lowest BCUT2D eigenvalue weighted by atomic mass is 10.3. The molecule has 0 saturated carbocycles. The summed E-state index contributed by atoms with van der Waals surface area (Å²) in [5.74, 6) is -0.259. The maximum absolute atomic E-state index is 12.2. The maximum Gasteiger partial charge on any atom is 0.233 e. The monoisotopic (exact) mass is 282 g/mol.